The van der Waals surface area contributed by atoms with Crippen LogP contribution in [0.2, 0.25) is 0 Å². The lowest BCUT2D eigenvalue weighted by molar-refractivity contribution is 0.436. The van der Waals surface area contributed by atoms with Gasteiger partial charge in [0.15, 0.2) is 0 Å². The molecule has 3 nitrogen and oxygen atoms in total. The number of hydrogen-bond acceptors (Lipinski definition) is 4. The molecule has 0 aliphatic carbocycles. The molecule has 0 fully saturated rings. The topological polar surface area (TPSA) is 52.5 Å². The molecule has 0 saturated carbocycles. The lowest BCUT2D eigenvalue weighted by Crippen LogP contribution is -2.21. The van der Waals surface area contributed by atoms with Crippen molar-refractivity contribution < 1.29 is 10.2 Å². The van der Waals surface area contributed by atoms with Crippen LogP contribution in [0.4, 0.5) is 0 Å². The predicted octanol–water partition coefficient (Wildman–Crippen LogP) is 3.82. The number of phenolic OH excluding ortho intramolecular Hbond substituents is 2. The van der Waals surface area contributed by atoms with Gasteiger partial charge in [-0.05, 0) is 47.5 Å². The van der Waals surface area contributed by atoms with E-state index in [0.29, 0.717) is 0 Å². The molecule has 1 heterocycles. The molecule has 0 aliphatic heterocycles. The molecule has 1 unspecified atom stereocenters. The maximum Gasteiger partial charge on any atom is 0.124 e. The number of benzene rings is 1. The van der Waals surface area contributed by atoms with Crippen molar-refractivity contribution in [2.75, 3.05) is 6.54 Å². The second kappa shape index (κ2) is 6.41. The second-order valence-electron chi connectivity index (χ2n) is 4.37. The number of nitrogens with one attached hydrogen (secondary N) is 1. The minimum atomic E-state index is 0.0454. The van der Waals surface area contributed by atoms with E-state index in [1.807, 2.05) is 6.92 Å². The zero-order valence-electron chi connectivity index (χ0n) is 10.6. The average Bonchev–Trinajstić information content (AvgIpc) is 2.75. The summed E-state index contributed by atoms with van der Waals surface area (Å²) >= 11 is 5.18. The molecule has 3 N–H and O–H groups in total. The maximum absolute atomic E-state index is 9.78. The summed E-state index contributed by atoms with van der Waals surface area (Å²) in [5.41, 5.74) is 0.796. The van der Waals surface area contributed by atoms with Crippen LogP contribution in [-0.4, -0.2) is 16.8 Å². The lowest BCUT2D eigenvalue weighted by Gasteiger charge is -2.15. The van der Waals surface area contributed by atoms with Crippen LogP contribution < -0.4 is 5.32 Å². The van der Waals surface area contributed by atoms with Crippen LogP contribution >= 0.6 is 27.3 Å². The number of hydrogen-bond donors (Lipinski definition) is 3. The van der Waals surface area contributed by atoms with Crippen molar-refractivity contribution in [2.24, 2.45) is 0 Å². The van der Waals surface area contributed by atoms with Gasteiger partial charge in [-0.15, -0.1) is 11.3 Å². The first kappa shape index (κ1) is 14.4. The minimum absolute atomic E-state index is 0.0454. The summed E-state index contributed by atoms with van der Waals surface area (Å²) in [7, 11) is 0. The molecular formula is C14H16BrNO2S. The van der Waals surface area contributed by atoms with Gasteiger partial charge in [-0.2, -0.15) is 0 Å². The van der Waals surface area contributed by atoms with Gasteiger partial charge in [0.25, 0.3) is 0 Å². The van der Waals surface area contributed by atoms with Gasteiger partial charge in [0, 0.05) is 29.1 Å². The van der Waals surface area contributed by atoms with Gasteiger partial charge in [-0.25, -0.2) is 0 Å². The van der Waals surface area contributed by atoms with Gasteiger partial charge in [0.2, 0.25) is 0 Å². The van der Waals surface area contributed by atoms with Crippen molar-refractivity contribution in [3.8, 4) is 11.5 Å². The predicted molar refractivity (Wildman–Crippen MR) is 81.9 cm³/mol. The van der Waals surface area contributed by atoms with E-state index in [1.54, 1.807) is 23.5 Å². The number of phenols is 2. The number of rotatable bonds is 5. The van der Waals surface area contributed by atoms with Gasteiger partial charge < -0.3 is 15.5 Å². The Morgan fingerprint density at radius 3 is 2.68 bits per heavy atom. The molecule has 0 saturated heterocycles. The monoisotopic (exact) mass is 341 g/mol. The molecule has 5 heteroatoms. The molecule has 0 radical (unpaired) electrons. The van der Waals surface area contributed by atoms with Gasteiger partial charge in [-0.3, -0.25) is 0 Å². The molecule has 2 aromatic rings. The molecular weight excluding hydrogens is 326 g/mol. The molecule has 0 amide bonds. The van der Waals surface area contributed by atoms with Crippen molar-refractivity contribution in [1.82, 2.24) is 5.32 Å². The summed E-state index contributed by atoms with van der Waals surface area (Å²) in [4.78, 5) is 1.32. The van der Waals surface area contributed by atoms with E-state index in [9.17, 15) is 10.2 Å². The van der Waals surface area contributed by atoms with Crippen molar-refractivity contribution in [3.05, 3.63) is 44.6 Å². The van der Waals surface area contributed by atoms with Gasteiger partial charge in [0.1, 0.15) is 11.5 Å². The van der Waals surface area contributed by atoms with Crippen LogP contribution in [0.25, 0.3) is 0 Å². The van der Waals surface area contributed by atoms with E-state index in [4.69, 9.17) is 0 Å². The molecule has 1 aromatic carbocycles. The summed E-state index contributed by atoms with van der Waals surface area (Å²) < 4.78 is 1.15. The molecule has 1 aromatic heterocycles. The highest BCUT2D eigenvalue weighted by Crippen LogP contribution is 2.28. The summed E-state index contributed by atoms with van der Waals surface area (Å²) in [5, 5.41) is 22.4. The third-order valence-electron chi connectivity index (χ3n) is 2.93. The molecule has 0 aliphatic rings. The highest BCUT2D eigenvalue weighted by molar-refractivity contribution is 9.11. The zero-order chi connectivity index (χ0) is 13.8. The molecule has 0 spiro atoms. The molecule has 102 valence electrons. The number of aromatic hydroxyl groups is 2. The minimum Gasteiger partial charge on any atom is -0.508 e. The quantitative estimate of drug-likeness (QED) is 0.774. The Morgan fingerprint density at radius 1 is 1.26 bits per heavy atom. The number of thiophene rings is 1. The maximum atomic E-state index is 9.78. The highest BCUT2D eigenvalue weighted by atomic mass is 79.9. The van der Waals surface area contributed by atoms with Crippen LogP contribution in [0.5, 0.6) is 11.5 Å². The summed E-state index contributed by atoms with van der Waals surface area (Å²) in [5.74, 6) is 0.204. The molecule has 2 rings (SSSR count). The van der Waals surface area contributed by atoms with Crippen molar-refractivity contribution >= 4 is 27.3 Å². The van der Waals surface area contributed by atoms with E-state index in [2.05, 4.69) is 33.4 Å². The Bertz CT molecular complexity index is 556. The first-order valence-electron chi connectivity index (χ1n) is 6.05. The second-order valence-corrected chi connectivity index (χ2v) is 6.92. The van der Waals surface area contributed by atoms with Crippen molar-refractivity contribution in [3.63, 3.8) is 0 Å². The van der Waals surface area contributed by atoms with E-state index in [-0.39, 0.29) is 17.5 Å². The van der Waals surface area contributed by atoms with E-state index >= 15 is 0 Å². The fourth-order valence-electron chi connectivity index (χ4n) is 1.91. The average molecular weight is 342 g/mol. The Morgan fingerprint density at radius 2 is 2.05 bits per heavy atom. The van der Waals surface area contributed by atoms with Crippen LogP contribution in [0, 0.1) is 0 Å². The van der Waals surface area contributed by atoms with E-state index in [1.165, 1.54) is 10.9 Å². The largest absolute Gasteiger partial charge is 0.508 e. The van der Waals surface area contributed by atoms with Crippen molar-refractivity contribution in [2.45, 2.75) is 19.4 Å². The Hall–Kier alpha value is -1.04. The molecule has 19 heavy (non-hydrogen) atoms. The van der Waals surface area contributed by atoms with E-state index < -0.39 is 0 Å². The standard InChI is InChI=1S/C14H16BrNO2S/c1-9(12-4-2-10(17)8-13(12)18)16-7-6-11-3-5-14(15)19-11/h2-5,8-9,16-18H,6-7H2,1H3. The third-order valence-corrected chi connectivity index (χ3v) is 4.61. The molecule has 0 bridgehead atoms. The van der Waals surface area contributed by atoms with Gasteiger partial charge in [-0.1, -0.05) is 6.07 Å². The normalized spacial score (nSPS) is 12.5. The Kier molecular flexibility index (Phi) is 4.85. The van der Waals surface area contributed by atoms with Crippen LogP contribution in [-0.2, 0) is 6.42 Å². The SMILES string of the molecule is CC(NCCc1ccc(Br)s1)c1ccc(O)cc1O. The fourth-order valence-corrected chi connectivity index (χ4v) is 3.39. The van der Waals surface area contributed by atoms with Crippen LogP contribution in [0.1, 0.15) is 23.4 Å². The summed E-state index contributed by atoms with van der Waals surface area (Å²) in [6.07, 6.45) is 0.958. The Balaban J connectivity index is 1.88. The fraction of sp³-hybridized carbons (Fsp3) is 0.286. The first-order chi connectivity index (χ1) is 9.06. The summed E-state index contributed by atoms with van der Waals surface area (Å²) in [6.45, 7) is 2.84. The van der Waals surface area contributed by atoms with Crippen LogP contribution in [0.15, 0.2) is 34.1 Å². The number of halogens is 1. The highest BCUT2D eigenvalue weighted by Gasteiger charge is 2.10. The third kappa shape index (κ3) is 3.96. The lowest BCUT2D eigenvalue weighted by atomic mass is 10.1. The van der Waals surface area contributed by atoms with Crippen LogP contribution in [0.3, 0.4) is 0 Å². The van der Waals surface area contributed by atoms with E-state index in [0.717, 1.165) is 22.3 Å². The molecule has 1 atom stereocenters. The van der Waals surface area contributed by atoms with Gasteiger partial charge >= 0.3 is 0 Å². The summed E-state index contributed by atoms with van der Waals surface area (Å²) in [6, 6.07) is 8.90. The van der Waals surface area contributed by atoms with Crippen molar-refractivity contribution in [1.29, 1.82) is 0 Å². The smallest absolute Gasteiger partial charge is 0.124 e. The first-order valence-corrected chi connectivity index (χ1v) is 7.66. The van der Waals surface area contributed by atoms with Gasteiger partial charge in [0.05, 0.1) is 3.79 Å². The Labute approximate surface area is 125 Å². The zero-order valence-corrected chi connectivity index (χ0v) is 13.0.